The Kier molecular flexibility index (Phi) is 8.65. The SMILES string of the molecule is CCn1c2c(c3cc(C(=O)N(C)CCCC(=O)N(C)CC(F)F)ccc31)CC(C1CCOCC1)CC2. The predicted molar refractivity (Wildman–Crippen MR) is 137 cm³/mol. The summed E-state index contributed by atoms with van der Waals surface area (Å²) in [5.74, 6) is 0.967. The van der Waals surface area contributed by atoms with Crippen LogP contribution in [-0.2, 0) is 28.9 Å². The first-order valence-electron chi connectivity index (χ1n) is 13.3. The second-order valence-electron chi connectivity index (χ2n) is 10.3. The monoisotopic (exact) mass is 503 g/mol. The molecule has 6 nitrogen and oxygen atoms in total. The third-order valence-corrected chi connectivity index (χ3v) is 8.07. The van der Waals surface area contributed by atoms with Gasteiger partial charge in [-0.05, 0) is 81.0 Å². The minimum atomic E-state index is -2.54. The van der Waals surface area contributed by atoms with Crippen molar-refractivity contribution in [2.24, 2.45) is 11.8 Å². The van der Waals surface area contributed by atoms with E-state index in [4.69, 9.17) is 4.74 Å². The highest BCUT2D eigenvalue weighted by molar-refractivity contribution is 5.99. The second-order valence-corrected chi connectivity index (χ2v) is 10.3. The number of aryl methyl sites for hydroxylation is 1. The van der Waals surface area contributed by atoms with Gasteiger partial charge in [0, 0.05) is 69.0 Å². The average Bonchev–Trinajstić information content (AvgIpc) is 3.20. The maximum Gasteiger partial charge on any atom is 0.255 e. The molecule has 0 saturated carbocycles. The van der Waals surface area contributed by atoms with Crippen LogP contribution in [0.1, 0.15) is 60.6 Å². The van der Waals surface area contributed by atoms with Gasteiger partial charge in [-0.15, -0.1) is 0 Å². The third kappa shape index (κ3) is 5.74. The van der Waals surface area contributed by atoms with Crippen molar-refractivity contribution in [2.45, 2.75) is 64.8 Å². The van der Waals surface area contributed by atoms with Gasteiger partial charge >= 0.3 is 0 Å². The third-order valence-electron chi connectivity index (χ3n) is 8.07. The number of alkyl halides is 2. The van der Waals surface area contributed by atoms with Crippen molar-refractivity contribution in [3.63, 3.8) is 0 Å². The Morgan fingerprint density at radius 1 is 1.11 bits per heavy atom. The number of hydrogen-bond donors (Lipinski definition) is 0. The average molecular weight is 504 g/mol. The van der Waals surface area contributed by atoms with E-state index in [0.29, 0.717) is 30.4 Å². The van der Waals surface area contributed by atoms with Crippen LogP contribution in [0.4, 0.5) is 8.78 Å². The van der Waals surface area contributed by atoms with Crippen LogP contribution < -0.4 is 0 Å². The van der Waals surface area contributed by atoms with Crippen LogP contribution in [0.3, 0.4) is 0 Å². The Morgan fingerprint density at radius 3 is 2.56 bits per heavy atom. The number of carbonyl (C=O) groups excluding carboxylic acids is 2. The molecule has 4 rings (SSSR count). The van der Waals surface area contributed by atoms with Crippen molar-refractivity contribution < 1.29 is 23.1 Å². The molecule has 1 aromatic carbocycles. The van der Waals surface area contributed by atoms with Gasteiger partial charge in [0.05, 0.1) is 6.54 Å². The fourth-order valence-electron chi connectivity index (χ4n) is 6.05. The number of nitrogens with zero attached hydrogens (tertiary/aromatic N) is 3. The predicted octanol–water partition coefficient (Wildman–Crippen LogP) is 4.77. The van der Waals surface area contributed by atoms with E-state index < -0.39 is 13.0 Å². The highest BCUT2D eigenvalue weighted by Crippen LogP contribution is 2.39. The van der Waals surface area contributed by atoms with E-state index in [1.807, 2.05) is 12.1 Å². The summed E-state index contributed by atoms with van der Waals surface area (Å²) in [6, 6.07) is 6.02. The Labute approximate surface area is 212 Å². The van der Waals surface area contributed by atoms with Crippen molar-refractivity contribution in [1.29, 1.82) is 0 Å². The first-order chi connectivity index (χ1) is 17.3. The zero-order chi connectivity index (χ0) is 25.8. The van der Waals surface area contributed by atoms with Gasteiger partial charge in [0.1, 0.15) is 0 Å². The molecule has 1 aliphatic heterocycles. The molecular weight excluding hydrogens is 464 g/mol. The van der Waals surface area contributed by atoms with Crippen molar-refractivity contribution >= 4 is 22.7 Å². The molecule has 0 bridgehead atoms. The van der Waals surface area contributed by atoms with Crippen LogP contribution in [0.15, 0.2) is 18.2 Å². The number of amides is 2. The topological polar surface area (TPSA) is 54.8 Å². The molecule has 198 valence electrons. The molecule has 1 unspecified atom stereocenters. The highest BCUT2D eigenvalue weighted by atomic mass is 19.3. The van der Waals surface area contributed by atoms with Gasteiger partial charge in [0.15, 0.2) is 0 Å². The van der Waals surface area contributed by atoms with Crippen LogP contribution in [0.2, 0.25) is 0 Å². The van der Waals surface area contributed by atoms with Crippen molar-refractivity contribution in [3.8, 4) is 0 Å². The van der Waals surface area contributed by atoms with Gasteiger partial charge in [-0.1, -0.05) is 0 Å². The Balaban J connectivity index is 1.46. The molecule has 1 aromatic heterocycles. The number of fused-ring (bicyclic) bond motifs is 3. The number of aromatic nitrogens is 1. The van der Waals surface area contributed by atoms with Crippen LogP contribution in [0.5, 0.6) is 0 Å². The molecule has 1 fully saturated rings. The number of ether oxygens (including phenoxy) is 1. The number of carbonyl (C=O) groups is 2. The molecule has 0 radical (unpaired) electrons. The molecule has 1 saturated heterocycles. The summed E-state index contributed by atoms with van der Waals surface area (Å²) in [4.78, 5) is 27.9. The van der Waals surface area contributed by atoms with Crippen LogP contribution in [-0.4, -0.2) is 73.0 Å². The first kappa shape index (κ1) is 26.6. The molecule has 8 heteroatoms. The molecule has 2 aromatic rings. The molecule has 0 spiro atoms. The molecule has 1 atom stereocenters. The molecule has 2 aliphatic rings. The lowest BCUT2D eigenvalue weighted by Crippen LogP contribution is -2.32. The summed E-state index contributed by atoms with van der Waals surface area (Å²) >= 11 is 0. The van der Waals surface area contributed by atoms with Crippen LogP contribution >= 0.6 is 0 Å². The highest BCUT2D eigenvalue weighted by Gasteiger charge is 2.31. The maximum atomic E-state index is 13.2. The largest absolute Gasteiger partial charge is 0.381 e. The van der Waals surface area contributed by atoms with E-state index in [2.05, 4.69) is 17.6 Å². The first-order valence-corrected chi connectivity index (χ1v) is 13.3. The minimum absolute atomic E-state index is 0.0833. The molecule has 2 amide bonds. The molecule has 36 heavy (non-hydrogen) atoms. The molecule has 1 aliphatic carbocycles. The lowest BCUT2D eigenvalue weighted by molar-refractivity contribution is -0.131. The fourth-order valence-corrected chi connectivity index (χ4v) is 6.05. The van der Waals surface area contributed by atoms with E-state index in [1.165, 1.54) is 35.6 Å². The van der Waals surface area contributed by atoms with Gasteiger partial charge in [-0.3, -0.25) is 9.59 Å². The minimum Gasteiger partial charge on any atom is -0.381 e. The van der Waals surface area contributed by atoms with E-state index in [-0.39, 0.29) is 18.2 Å². The summed E-state index contributed by atoms with van der Waals surface area (Å²) in [7, 11) is 3.11. The Hall–Kier alpha value is -2.48. The zero-order valence-corrected chi connectivity index (χ0v) is 21.8. The zero-order valence-electron chi connectivity index (χ0n) is 21.8. The Morgan fingerprint density at radius 2 is 1.86 bits per heavy atom. The van der Waals surface area contributed by atoms with Gasteiger partial charge < -0.3 is 19.1 Å². The summed E-state index contributed by atoms with van der Waals surface area (Å²) < 4.78 is 33.0. The molecule has 0 N–H and O–H groups in total. The molecule has 2 heterocycles. The van der Waals surface area contributed by atoms with Crippen molar-refractivity contribution in [1.82, 2.24) is 14.4 Å². The standard InChI is InChI=1S/C28H39F2N3O3/c1-4-33-24-9-7-20(19-11-14-36-15-12-19)16-22(24)23-17-21(8-10-25(23)33)28(35)31(2)13-5-6-27(34)32(3)18-26(29)30/h8,10,17,19-20,26H,4-7,9,11-16,18H2,1-3H3. The number of benzene rings is 1. The van der Waals surface area contributed by atoms with Gasteiger partial charge in [-0.25, -0.2) is 8.78 Å². The van der Waals surface area contributed by atoms with Crippen molar-refractivity contribution in [3.05, 3.63) is 35.0 Å². The smallest absolute Gasteiger partial charge is 0.255 e. The van der Waals surface area contributed by atoms with E-state index in [9.17, 15) is 18.4 Å². The van der Waals surface area contributed by atoms with Crippen molar-refractivity contribution in [2.75, 3.05) is 40.4 Å². The number of hydrogen-bond acceptors (Lipinski definition) is 3. The fraction of sp³-hybridized carbons (Fsp3) is 0.643. The van der Waals surface area contributed by atoms with Gasteiger partial charge in [-0.2, -0.15) is 0 Å². The van der Waals surface area contributed by atoms with Gasteiger partial charge in [0.2, 0.25) is 5.91 Å². The number of halogens is 2. The van der Waals surface area contributed by atoms with E-state index in [1.54, 1.807) is 11.9 Å². The summed E-state index contributed by atoms with van der Waals surface area (Å²) in [6.07, 6.45) is 3.67. The molecular formula is C28H39F2N3O3. The summed E-state index contributed by atoms with van der Waals surface area (Å²) in [5.41, 5.74) is 4.66. The summed E-state index contributed by atoms with van der Waals surface area (Å²) in [6.45, 7) is 4.65. The lowest BCUT2D eigenvalue weighted by Gasteiger charge is -2.33. The Bertz CT molecular complexity index is 1080. The lowest BCUT2D eigenvalue weighted by atomic mass is 9.75. The second kappa shape index (κ2) is 11.7. The number of rotatable bonds is 9. The summed E-state index contributed by atoms with van der Waals surface area (Å²) in [5, 5.41) is 1.19. The van der Waals surface area contributed by atoms with E-state index in [0.717, 1.165) is 50.3 Å². The normalized spacial score (nSPS) is 18.4. The van der Waals surface area contributed by atoms with E-state index >= 15 is 0 Å². The van der Waals surface area contributed by atoms with Crippen LogP contribution in [0, 0.1) is 11.8 Å². The quantitative estimate of drug-likeness (QED) is 0.496. The van der Waals surface area contributed by atoms with Gasteiger partial charge in [0.25, 0.3) is 12.3 Å². The maximum absolute atomic E-state index is 13.2. The van der Waals surface area contributed by atoms with Crippen LogP contribution in [0.25, 0.3) is 10.9 Å².